The number of aromatic nitrogens is 4. The van der Waals surface area contributed by atoms with Crippen molar-refractivity contribution in [3.05, 3.63) is 46.6 Å². The lowest BCUT2D eigenvalue weighted by molar-refractivity contribution is 0.590. The number of nitrogens with zero attached hydrogens (tertiary/aromatic N) is 4. The van der Waals surface area contributed by atoms with Crippen LogP contribution >= 0.6 is 11.3 Å². The van der Waals surface area contributed by atoms with E-state index in [1.807, 2.05) is 10.7 Å². The van der Waals surface area contributed by atoms with Gasteiger partial charge in [-0.3, -0.25) is 4.40 Å². The topological polar surface area (TPSA) is 43.1 Å². The Morgan fingerprint density at radius 3 is 2.38 bits per heavy atom. The molecule has 0 aliphatic heterocycles. The van der Waals surface area contributed by atoms with Crippen LogP contribution in [-0.2, 0) is 5.41 Å². The fourth-order valence-corrected chi connectivity index (χ4v) is 3.95. The van der Waals surface area contributed by atoms with Crippen LogP contribution in [0.1, 0.15) is 36.8 Å². The molecule has 0 aliphatic rings. The SMILES string of the molecule is Cc1sc2ncn3c(-c4ccc(C(C)(C)C)cc4)nnc3c2c1C. The Hall–Kier alpha value is -2.27. The van der Waals surface area contributed by atoms with E-state index < -0.39 is 0 Å². The minimum atomic E-state index is 0.143. The molecular weight excluding hydrogens is 316 g/mol. The van der Waals surface area contributed by atoms with Crippen LogP contribution in [0.4, 0.5) is 0 Å². The number of fused-ring (bicyclic) bond motifs is 3. The summed E-state index contributed by atoms with van der Waals surface area (Å²) in [5.41, 5.74) is 4.64. The third-order valence-electron chi connectivity index (χ3n) is 4.59. The minimum Gasteiger partial charge on any atom is -0.265 e. The molecular formula is C19H20N4S. The summed E-state index contributed by atoms with van der Waals surface area (Å²) in [4.78, 5) is 6.92. The summed E-state index contributed by atoms with van der Waals surface area (Å²) < 4.78 is 1.99. The average Bonchev–Trinajstić information content (AvgIpc) is 3.08. The van der Waals surface area contributed by atoms with Gasteiger partial charge in [0.25, 0.3) is 0 Å². The zero-order chi connectivity index (χ0) is 17.1. The van der Waals surface area contributed by atoms with Crippen LogP contribution < -0.4 is 0 Å². The zero-order valence-corrected chi connectivity index (χ0v) is 15.4. The van der Waals surface area contributed by atoms with E-state index in [1.165, 1.54) is 16.0 Å². The molecule has 0 radical (unpaired) electrons. The highest BCUT2D eigenvalue weighted by atomic mass is 32.1. The quantitative estimate of drug-likeness (QED) is 0.495. The second kappa shape index (κ2) is 5.11. The molecule has 0 N–H and O–H groups in total. The molecule has 0 aliphatic carbocycles. The van der Waals surface area contributed by atoms with Gasteiger partial charge in [0.05, 0.1) is 5.39 Å². The van der Waals surface area contributed by atoms with E-state index >= 15 is 0 Å². The normalized spacial score (nSPS) is 12.4. The van der Waals surface area contributed by atoms with Gasteiger partial charge >= 0.3 is 0 Å². The number of thiophene rings is 1. The van der Waals surface area contributed by atoms with Gasteiger partial charge in [-0.15, -0.1) is 21.5 Å². The summed E-state index contributed by atoms with van der Waals surface area (Å²) in [5, 5.41) is 10.00. The Balaban J connectivity index is 1.90. The van der Waals surface area contributed by atoms with Gasteiger partial charge in [-0.1, -0.05) is 45.0 Å². The lowest BCUT2D eigenvalue weighted by Gasteiger charge is -2.18. The molecule has 4 aromatic rings. The molecule has 5 heteroatoms. The Labute approximate surface area is 145 Å². The molecule has 0 amide bonds. The molecule has 0 atom stereocenters. The second-order valence-electron chi connectivity index (χ2n) is 7.25. The van der Waals surface area contributed by atoms with Crippen LogP contribution in [0.2, 0.25) is 0 Å². The second-order valence-corrected chi connectivity index (χ2v) is 8.46. The number of rotatable bonds is 1. The van der Waals surface area contributed by atoms with Gasteiger partial charge < -0.3 is 0 Å². The first kappa shape index (κ1) is 15.3. The molecule has 0 saturated heterocycles. The van der Waals surface area contributed by atoms with Crippen molar-refractivity contribution in [2.24, 2.45) is 0 Å². The average molecular weight is 336 g/mol. The van der Waals surface area contributed by atoms with Gasteiger partial charge in [0.2, 0.25) is 0 Å². The van der Waals surface area contributed by atoms with Crippen molar-refractivity contribution in [1.29, 1.82) is 0 Å². The first-order valence-electron chi connectivity index (χ1n) is 8.06. The van der Waals surface area contributed by atoms with Crippen molar-refractivity contribution in [1.82, 2.24) is 19.6 Å². The van der Waals surface area contributed by atoms with Gasteiger partial charge in [0.15, 0.2) is 11.5 Å². The maximum atomic E-state index is 4.61. The summed E-state index contributed by atoms with van der Waals surface area (Å²) in [5.74, 6) is 0.836. The maximum Gasteiger partial charge on any atom is 0.172 e. The molecule has 24 heavy (non-hydrogen) atoms. The Kier molecular flexibility index (Phi) is 3.25. The Bertz CT molecular complexity index is 1050. The largest absolute Gasteiger partial charge is 0.265 e. The van der Waals surface area contributed by atoms with E-state index in [0.717, 1.165) is 27.3 Å². The molecule has 4 nitrogen and oxygen atoms in total. The molecule has 4 rings (SSSR count). The van der Waals surface area contributed by atoms with E-state index in [1.54, 1.807) is 11.3 Å². The molecule has 3 aromatic heterocycles. The number of hydrogen-bond donors (Lipinski definition) is 0. The first-order chi connectivity index (χ1) is 11.4. The summed E-state index contributed by atoms with van der Waals surface area (Å²) in [6.45, 7) is 10.9. The third-order valence-corrected chi connectivity index (χ3v) is 5.70. The highest BCUT2D eigenvalue weighted by Gasteiger charge is 2.17. The highest BCUT2D eigenvalue weighted by Crippen LogP contribution is 2.32. The van der Waals surface area contributed by atoms with Gasteiger partial charge in [-0.2, -0.15) is 0 Å². The highest BCUT2D eigenvalue weighted by molar-refractivity contribution is 7.18. The van der Waals surface area contributed by atoms with Crippen molar-refractivity contribution in [2.75, 3.05) is 0 Å². The molecule has 3 heterocycles. The Morgan fingerprint density at radius 1 is 1.00 bits per heavy atom. The fourth-order valence-electron chi connectivity index (χ4n) is 2.96. The summed E-state index contributed by atoms with van der Waals surface area (Å²) in [6.07, 6.45) is 1.83. The summed E-state index contributed by atoms with van der Waals surface area (Å²) >= 11 is 1.71. The van der Waals surface area contributed by atoms with Crippen molar-refractivity contribution in [3.63, 3.8) is 0 Å². The van der Waals surface area contributed by atoms with E-state index in [2.05, 4.69) is 74.1 Å². The predicted octanol–water partition coefficient (Wildman–Crippen LogP) is 4.92. The van der Waals surface area contributed by atoms with E-state index in [9.17, 15) is 0 Å². The standard InChI is InChI=1S/C19H20N4S/c1-11-12(2)24-18-15(11)17-22-21-16(23(17)10-20-18)13-6-8-14(9-7-13)19(3,4)5/h6-10H,1-5H3. The van der Waals surface area contributed by atoms with Crippen LogP contribution in [0.15, 0.2) is 30.6 Å². The van der Waals surface area contributed by atoms with Crippen LogP contribution in [-0.4, -0.2) is 19.6 Å². The van der Waals surface area contributed by atoms with Crippen molar-refractivity contribution < 1.29 is 0 Å². The lowest BCUT2D eigenvalue weighted by atomic mass is 9.87. The molecule has 1 aromatic carbocycles. The lowest BCUT2D eigenvalue weighted by Crippen LogP contribution is -2.10. The van der Waals surface area contributed by atoms with E-state index in [-0.39, 0.29) is 5.41 Å². The van der Waals surface area contributed by atoms with Crippen molar-refractivity contribution in [2.45, 2.75) is 40.0 Å². The van der Waals surface area contributed by atoms with Crippen LogP contribution in [0.3, 0.4) is 0 Å². The number of aryl methyl sites for hydroxylation is 2. The van der Waals surface area contributed by atoms with Gasteiger partial charge in [-0.05, 0) is 30.4 Å². The molecule has 0 spiro atoms. The number of hydrogen-bond acceptors (Lipinski definition) is 4. The molecule has 0 saturated carbocycles. The van der Waals surface area contributed by atoms with Gasteiger partial charge in [0.1, 0.15) is 11.2 Å². The maximum absolute atomic E-state index is 4.61. The van der Waals surface area contributed by atoms with Crippen LogP contribution in [0.25, 0.3) is 27.3 Å². The van der Waals surface area contributed by atoms with Gasteiger partial charge in [-0.25, -0.2) is 4.98 Å². The van der Waals surface area contributed by atoms with Gasteiger partial charge in [0, 0.05) is 10.4 Å². The molecule has 122 valence electrons. The zero-order valence-electron chi connectivity index (χ0n) is 14.6. The predicted molar refractivity (Wildman–Crippen MR) is 99.8 cm³/mol. The summed E-state index contributed by atoms with van der Waals surface area (Å²) in [7, 11) is 0. The van der Waals surface area contributed by atoms with Crippen LogP contribution in [0.5, 0.6) is 0 Å². The number of benzene rings is 1. The minimum absolute atomic E-state index is 0.143. The third kappa shape index (κ3) is 2.23. The fraction of sp³-hybridized carbons (Fsp3) is 0.316. The van der Waals surface area contributed by atoms with Crippen LogP contribution in [0, 0.1) is 13.8 Å². The smallest absolute Gasteiger partial charge is 0.172 e. The van der Waals surface area contributed by atoms with Crippen molar-refractivity contribution in [3.8, 4) is 11.4 Å². The van der Waals surface area contributed by atoms with Crippen molar-refractivity contribution >= 4 is 27.2 Å². The monoisotopic (exact) mass is 336 g/mol. The van der Waals surface area contributed by atoms with E-state index in [0.29, 0.717) is 0 Å². The molecule has 0 bridgehead atoms. The Morgan fingerprint density at radius 2 is 1.71 bits per heavy atom. The molecule has 0 unspecified atom stereocenters. The molecule has 0 fully saturated rings. The first-order valence-corrected chi connectivity index (χ1v) is 8.88. The summed E-state index contributed by atoms with van der Waals surface area (Å²) in [6, 6.07) is 8.57. The van der Waals surface area contributed by atoms with E-state index in [4.69, 9.17) is 0 Å².